The van der Waals surface area contributed by atoms with Gasteiger partial charge >= 0.3 is 5.97 Å². The maximum absolute atomic E-state index is 13.5. The SMILES string of the molecule is O=C(O)c1ccc(Oc2ccc3nnnn3n2)cc1F. The quantitative estimate of drug-likeness (QED) is 0.764. The molecular weight excluding hydrogens is 269 g/mol. The summed E-state index contributed by atoms with van der Waals surface area (Å²) < 4.78 is 19.9. The number of nitrogens with zero attached hydrogens (tertiary/aromatic N) is 5. The van der Waals surface area contributed by atoms with Crippen LogP contribution in [0.3, 0.4) is 0 Å². The Labute approximate surface area is 110 Å². The number of hydrogen-bond acceptors (Lipinski definition) is 6. The Bertz CT molecular complexity index is 804. The van der Waals surface area contributed by atoms with Crippen LogP contribution in [0.5, 0.6) is 11.6 Å². The minimum absolute atomic E-state index is 0.118. The van der Waals surface area contributed by atoms with Crippen LogP contribution in [-0.4, -0.2) is 36.3 Å². The second kappa shape index (κ2) is 4.53. The molecule has 0 saturated heterocycles. The monoisotopic (exact) mass is 275 g/mol. The molecule has 0 aliphatic heterocycles. The number of carbonyl (C=O) groups is 1. The number of carboxylic acid groups (broad SMARTS) is 1. The normalized spacial score (nSPS) is 10.7. The lowest BCUT2D eigenvalue weighted by atomic mass is 10.2. The molecule has 2 heterocycles. The van der Waals surface area contributed by atoms with Gasteiger partial charge in [-0.2, -0.15) is 0 Å². The number of hydrogen-bond donors (Lipinski definition) is 1. The molecule has 0 unspecified atom stereocenters. The Morgan fingerprint density at radius 3 is 2.90 bits per heavy atom. The summed E-state index contributed by atoms with van der Waals surface area (Å²) in [6, 6.07) is 6.49. The molecule has 1 aromatic carbocycles. The van der Waals surface area contributed by atoms with Gasteiger partial charge in [-0.15, -0.1) is 14.8 Å². The summed E-state index contributed by atoms with van der Waals surface area (Å²) >= 11 is 0. The van der Waals surface area contributed by atoms with Crippen molar-refractivity contribution in [1.82, 2.24) is 25.3 Å². The van der Waals surface area contributed by atoms with E-state index in [0.29, 0.717) is 5.65 Å². The molecule has 2 aromatic heterocycles. The third-order valence-corrected chi connectivity index (χ3v) is 2.44. The lowest BCUT2D eigenvalue weighted by Crippen LogP contribution is -2.01. The Hall–Kier alpha value is -3.10. The van der Waals surface area contributed by atoms with Crippen LogP contribution in [0, 0.1) is 5.82 Å². The number of tetrazole rings is 1. The van der Waals surface area contributed by atoms with Crippen LogP contribution in [0.1, 0.15) is 10.4 Å². The fraction of sp³-hybridized carbons (Fsp3) is 0. The molecule has 0 amide bonds. The zero-order valence-electron chi connectivity index (χ0n) is 9.76. The fourth-order valence-electron chi connectivity index (χ4n) is 1.54. The molecular formula is C11H6FN5O3. The van der Waals surface area contributed by atoms with Crippen LogP contribution in [0.2, 0.25) is 0 Å². The molecule has 0 atom stereocenters. The summed E-state index contributed by atoms with van der Waals surface area (Å²) in [6.07, 6.45) is 0. The van der Waals surface area contributed by atoms with E-state index in [1.54, 1.807) is 6.07 Å². The van der Waals surface area contributed by atoms with Crippen molar-refractivity contribution in [3.8, 4) is 11.6 Å². The van der Waals surface area contributed by atoms with Gasteiger partial charge in [-0.25, -0.2) is 9.18 Å². The maximum atomic E-state index is 13.5. The summed E-state index contributed by atoms with van der Waals surface area (Å²) in [5.74, 6) is -1.97. The molecule has 100 valence electrons. The zero-order chi connectivity index (χ0) is 14.1. The lowest BCUT2D eigenvalue weighted by molar-refractivity contribution is 0.0692. The molecule has 3 rings (SSSR count). The van der Waals surface area contributed by atoms with Crippen LogP contribution in [0.15, 0.2) is 30.3 Å². The van der Waals surface area contributed by atoms with E-state index in [2.05, 4.69) is 20.6 Å². The first-order valence-corrected chi connectivity index (χ1v) is 5.39. The van der Waals surface area contributed by atoms with Gasteiger partial charge in [-0.3, -0.25) is 0 Å². The van der Waals surface area contributed by atoms with E-state index in [0.717, 1.165) is 16.8 Å². The second-order valence-corrected chi connectivity index (χ2v) is 3.75. The van der Waals surface area contributed by atoms with Crippen LogP contribution in [-0.2, 0) is 0 Å². The van der Waals surface area contributed by atoms with Gasteiger partial charge in [0.15, 0.2) is 5.65 Å². The molecule has 20 heavy (non-hydrogen) atoms. The predicted octanol–water partition coefficient (Wildman–Crippen LogP) is 1.15. The molecule has 0 aliphatic carbocycles. The second-order valence-electron chi connectivity index (χ2n) is 3.75. The Balaban J connectivity index is 1.90. The van der Waals surface area contributed by atoms with E-state index in [1.165, 1.54) is 12.1 Å². The van der Waals surface area contributed by atoms with Crippen LogP contribution in [0.25, 0.3) is 5.65 Å². The minimum Gasteiger partial charge on any atom is -0.478 e. The zero-order valence-corrected chi connectivity index (χ0v) is 9.76. The predicted molar refractivity (Wildman–Crippen MR) is 62.0 cm³/mol. The molecule has 0 aliphatic rings. The number of rotatable bonds is 3. The average molecular weight is 275 g/mol. The van der Waals surface area contributed by atoms with E-state index in [4.69, 9.17) is 9.84 Å². The van der Waals surface area contributed by atoms with E-state index in [9.17, 15) is 9.18 Å². The summed E-state index contributed by atoms with van der Waals surface area (Å²) in [5, 5.41) is 23.3. The van der Waals surface area contributed by atoms with Crippen molar-refractivity contribution >= 4 is 11.6 Å². The first kappa shape index (κ1) is 12.0. The summed E-state index contributed by atoms with van der Waals surface area (Å²) in [4.78, 5) is 10.7. The van der Waals surface area contributed by atoms with Crippen molar-refractivity contribution in [2.45, 2.75) is 0 Å². The molecule has 0 spiro atoms. The van der Waals surface area contributed by atoms with Crippen LogP contribution in [0.4, 0.5) is 4.39 Å². The Morgan fingerprint density at radius 2 is 2.15 bits per heavy atom. The maximum Gasteiger partial charge on any atom is 0.338 e. The van der Waals surface area contributed by atoms with E-state index < -0.39 is 17.3 Å². The standard InChI is InChI=1S/C11H6FN5O3/c12-8-5-6(1-2-7(8)11(18)19)20-10-4-3-9-13-15-16-17(9)14-10/h1-5H,(H,18,19). The number of fused-ring (bicyclic) bond motifs is 1. The average Bonchev–Trinajstić information content (AvgIpc) is 2.85. The van der Waals surface area contributed by atoms with Crippen molar-refractivity contribution < 1.29 is 19.0 Å². The molecule has 0 radical (unpaired) electrons. The highest BCUT2D eigenvalue weighted by Crippen LogP contribution is 2.22. The minimum atomic E-state index is -1.35. The highest BCUT2D eigenvalue weighted by atomic mass is 19.1. The number of halogens is 1. The number of benzene rings is 1. The van der Waals surface area contributed by atoms with Crippen molar-refractivity contribution in [1.29, 1.82) is 0 Å². The van der Waals surface area contributed by atoms with Crippen molar-refractivity contribution in [3.05, 3.63) is 41.7 Å². The molecule has 0 bridgehead atoms. The van der Waals surface area contributed by atoms with Crippen LogP contribution >= 0.6 is 0 Å². The van der Waals surface area contributed by atoms with E-state index in [-0.39, 0.29) is 11.6 Å². The third-order valence-electron chi connectivity index (χ3n) is 2.44. The highest BCUT2D eigenvalue weighted by molar-refractivity contribution is 5.88. The molecule has 0 fully saturated rings. The van der Waals surface area contributed by atoms with Gasteiger partial charge in [0.05, 0.1) is 5.56 Å². The molecule has 0 saturated carbocycles. The number of aromatic carboxylic acids is 1. The topological polar surface area (TPSA) is 102 Å². The summed E-state index contributed by atoms with van der Waals surface area (Å²) in [6.45, 7) is 0. The molecule has 1 N–H and O–H groups in total. The van der Waals surface area contributed by atoms with Crippen molar-refractivity contribution in [2.24, 2.45) is 0 Å². The van der Waals surface area contributed by atoms with Crippen LogP contribution < -0.4 is 4.74 Å². The number of carboxylic acids is 1. The third kappa shape index (κ3) is 2.11. The first-order valence-electron chi connectivity index (χ1n) is 5.39. The van der Waals surface area contributed by atoms with Gasteiger partial charge in [-0.1, -0.05) is 0 Å². The largest absolute Gasteiger partial charge is 0.478 e. The van der Waals surface area contributed by atoms with E-state index >= 15 is 0 Å². The molecule has 3 aromatic rings. The fourth-order valence-corrected chi connectivity index (χ4v) is 1.54. The lowest BCUT2D eigenvalue weighted by Gasteiger charge is -2.05. The number of aromatic nitrogens is 5. The van der Waals surface area contributed by atoms with Gasteiger partial charge < -0.3 is 9.84 Å². The number of ether oxygens (including phenoxy) is 1. The van der Waals surface area contributed by atoms with Gasteiger partial charge in [0, 0.05) is 12.1 Å². The van der Waals surface area contributed by atoms with Crippen molar-refractivity contribution in [2.75, 3.05) is 0 Å². The first-order chi connectivity index (χ1) is 9.63. The Morgan fingerprint density at radius 1 is 1.30 bits per heavy atom. The van der Waals surface area contributed by atoms with Gasteiger partial charge in [0.2, 0.25) is 5.88 Å². The van der Waals surface area contributed by atoms with Crippen molar-refractivity contribution in [3.63, 3.8) is 0 Å². The molecule has 9 heteroatoms. The highest BCUT2D eigenvalue weighted by Gasteiger charge is 2.11. The van der Waals surface area contributed by atoms with Gasteiger partial charge in [0.25, 0.3) is 0 Å². The van der Waals surface area contributed by atoms with E-state index in [1.807, 2.05) is 0 Å². The summed E-state index contributed by atoms with van der Waals surface area (Å²) in [7, 11) is 0. The summed E-state index contributed by atoms with van der Waals surface area (Å²) in [5.41, 5.74) is 0.00555. The molecule has 8 nitrogen and oxygen atoms in total. The smallest absolute Gasteiger partial charge is 0.338 e. The Kier molecular flexibility index (Phi) is 2.71. The van der Waals surface area contributed by atoms with Gasteiger partial charge in [0.1, 0.15) is 11.6 Å². The van der Waals surface area contributed by atoms with Gasteiger partial charge in [-0.05, 0) is 28.6 Å².